The van der Waals surface area contributed by atoms with Crippen molar-refractivity contribution in [3.05, 3.63) is 33.9 Å². The van der Waals surface area contributed by atoms with Gasteiger partial charge in [0.1, 0.15) is 11.3 Å². The maximum absolute atomic E-state index is 12.4. The van der Waals surface area contributed by atoms with Crippen molar-refractivity contribution in [3.8, 4) is 5.75 Å². The first-order chi connectivity index (χ1) is 7.71. The minimum atomic E-state index is -5.02. The summed E-state index contributed by atoms with van der Waals surface area (Å²) < 4.78 is 64.4. The molecule has 0 spiro atoms. The molecule has 1 rings (SSSR count). The molecule has 0 atom stereocenters. The number of benzene rings is 1. The molecular formula is C8H4F5NO3. The Hall–Kier alpha value is -1.93. The van der Waals surface area contributed by atoms with Gasteiger partial charge in [-0.05, 0) is 12.1 Å². The molecule has 0 heterocycles. The van der Waals surface area contributed by atoms with E-state index in [1.807, 2.05) is 0 Å². The molecule has 17 heavy (non-hydrogen) atoms. The number of ether oxygens (including phenoxy) is 1. The Morgan fingerprint density at radius 2 is 1.88 bits per heavy atom. The van der Waals surface area contributed by atoms with Crippen molar-refractivity contribution in [3.63, 3.8) is 0 Å². The second kappa shape index (κ2) is 4.52. The largest absolute Gasteiger partial charge is 0.435 e. The molecule has 0 aromatic heterocycles. The summed E-state index contributed by atoms with van der Waals surface area (Å²) in [5.74, 6) is -0.794. The SMILES string of the molecule is O=[N+]([O-])c1ccc(OC(F)F)cc1C(F)(F)F. The second-order valence-corrected chi connectivity index (χ2v) is 2.81. The first-order valence-electron chi connectivity index (χ1n) is 4.02. The van der Waals surface area contributed by atoms with Gasteiger partial charge in [0.05, 0.1) is 4.92 Å². The highest BCUT2D eigenvalue weighted by Gasteiger charge is 2.38. The lowest BCUT2D eigenvalue weighted by molar-refractivity contribution is -0.388. The van der Waals surface area contributed by atoms with Gasteiger partial charge in [-0.1, -0.05) is 0 Å². The smallest absolute Gasteiger partial charge is 0.423 e. The average Bonchev–Trinajstić information content (AvgIpc) is 2.14. The predicted molar refractivity (Wildman–Crippen MR) is 44.7 cm³/mol. The summed E-state index contributed by atoms with van der Waals surface area (Å²) >= 11 is 0. The van der Waals surface area contributed by atoms with Crippen LogP contribution >= 0.6 is 0 Å². The lowest BCUT2D eigenvalue weighted by Crippen LogP contribution is -2.10. The third-order valence-electron chi connectivity index (χ3n) is 1.70. The molecule has 0 saturated carbocycles. The molecule has 0 unspecified atom stereocenters. The zero-order chi connectivity index (χ0) is 13.2. The molecule has 0 saturated heterocycles. The number of nitrogens with zero attached hydrogens (tertiary/aromatic N) is 1. The first-order valence-corrected chi connectivity index (χ1v) is 4.02. The van der Waals surface area contributed by atoms with E-state index in [0.29, 0.717) is 12.1 Å². The van der Waals surface area contributed by atoms with E-state index in [1.165, 1.54) is 0 Å². The van der Waals surface area contributed by atoms with Gasteiger partial charge in [-0.3, -0.25) is 10.1 Å². The van der Waals surface area contributed by atoms with Gasteiger partial charge in [0.25, 0.3) is 5.69 Å². The number of hydrogen-bond acceptors (Lipinski definition) is 3. The monoisotopic (exact) mass is 257 g/mol. The Labute approximate surface area is 90.8 Å². The van der Waals surface area contributed by atoms with Crippen molar-refractivity contribution in [1.82, 2.24) is 0 Å². The van der Waals surface area contributed by atoms with Crippen LogP contribution in [0.2, 0.25) is 0 Å². The molecule has 0 fully saturated rings. The normalized spacial score (nSPS) is 11.6. The second-order valence-electron chi connectivity index (χ2n) is 2.81. The summed E-state index contributed by atoms with van der Waals surface area (Å²) in [4.78, 5) is 9.06. The molecule has 1 aromatic carbocycles. The van der Waals surface area contributed by atoms with Crippen LogP contribution in [0.5, 0.6) is 5.75 Å². The van der Waals surface area contributed by atoms with E-state index in [9.17, 15) is 32.1 Å². The van der Waals surface area contributed by atoms with Gasteiger partial charge >= 0.3 is 12.8 Å². The number of hydrogen-bond donors (Lipinski definition) is 0. The summed E-state index contributed by atoms with van der Waals surface area (Å²) in [5.41, 5.74) is -2.86. The van der Waals surface area contributed by atoms with Crippen molar-refractivity contribution in [2.45, 2.75) is 12.8 Å². The Balaban J connectivity index is 3.25. The van der Waals surface area contributed by atoms with Crippen molar-refractivity contribution in [2.75, 3.05) is 0 Å². The van der Waals surface area contributed by atoms with E-state index < -0.39 is 34.7 Å². The molecule has 1 aromatic rings. The molecule has 4 nitrogen and oxygen atoms in total. The van der Waals surface area contributed by atoms with Gasteiger partial charge in [-0.2, -0.15) is 22.0 Å². The van der Waals surface area contributed by atoms with Crippen LogP contribution in [-0.4, -0.2) is 11.5 Å². The molecule has 0 aliphatic heterocycles. The van der Waals surface area contributed by atoms with Crippen molar-refractivity contribution in [1.29, 1.82) is 0 Å². The zero-order valence-electron chi connectivity index (χ0n) is 7.87. The van der Waals surface area contributed by atoms with Crippen LogP contribution in [0, 0.1) is 10.1 Å². The Morgan fingerprint density at radius 3 is 2.29 bits per heavy atom. The third kappa shape index (κ3) is 3.26. The van der Waals surface area contributed by atoms with Gasteiger partial charge in [0, 0.05) is 6.07 Å². The standard InChI is InChI=1S/C8H4F5NO3/c9-7(10)17-4-1-2-6(14(15)16)5(3-4)8(11,12)13/h1-3,7H. The maximum atomic E-state index is 12.4. The maximum Gasteiger partial charge on any atom is 0.423 e. The van der Waals surface area contributed by atoms with Crippen molar-refractivity contribution < 1.29 is 31.6 Å². The van der Waals surface area contributed by atoms with E-state index in [4.69, 9.17) is 0 Å². The lowest BCUT2D eigenvalue weighted by Gasteiger charge is -2.10. The topological polar surface area (TPSA) is 52.4 Å². The highest BCUT2D eigenvalue weighted by molar-refractivity contribution is 5.46. The van der Waals surface area contributed by atoms with Crippen LogP contribution in [0.25, 0.3) is 0 Å². The van der Waals surface area contributed by atoms with Crippen molar-refractivity contribution >= 4 is 5.69 Å². The van der Waals surface area contributed by atoms with Crippen molar-refractivity contribution in [2.24, 2.45) is 0 Å². The van der Waals surface area contributed by atoms with E-state index in [0.717, 1.165) is 0 Å². The minimum Gasteiger partial charge on any atom is -0.435 e. The molecule has 0 N–H and O–H groups in total. The fourth-order valence-corrected chi connectivity index (χ4v) is 1.08. The third-order valence-corrected chi connectivity index (χ3v) is 1.70. The number of nitro groups is 1. The predicted octanol–water partition coefficient (Wildman–Crippen LogP) is 3.22. The summed E-state index contributed by atoms with van der Waals surface area (Å²) in [6.07, 6.45) is -5.02. The number of nitro benzene ring substituents is 1. The molecule has 0 aliphatic rings. The Kier molecular flexibility index (Phi) is 3.49. The van der Waals surface area contributed by atoms with Gasteiger partial charge in [0.2, 0.25) is 0 Å². The Bertz CT molecular complexity index is 432. The van der Waals surface area contributed by atoms with Gasteiger partial charge in [0.15, 0.2) is 0 Å². The number of rotatable bonds is 3. The molecule has 94 valence electrons. The van der Waals surface area contributed by atoms with Crippen LogP contribution in [-0.2, 0) is 6.18 Å². The highest BCUT2D eigenvalue weighted by atomic mass is 19.4. The van der Waals surface area contributed by atoms with E-state index in [-0.39, 0.29) is 6.07 Å². The van der Waals surface area contributed by atoms with Crippen LogP contribution < -0.4 is 4.74 Å². The first kappa shape index (κ1) is 13.1. The van der Waals surface area contributed by atoms with Crippen LogP contribution in [0.15, 0.2) is 18.2 Å². The van der Waals surface area contributed by atoms with Gasteiger partial charge in [-0.25, -0.2) is 0 Å². The summed E-state index contributed by atoms with van der Waals surface area (Å²) in [6, 6.07) is 1.28. The highest BCUT2D eigenvalue weighted by Crippen LogP contribution is 2.38. The lowest BCUT2D eigenvalue weighted by atomic mass is 10.1. The summed E-state index contributed by atoms with van der Waals surface area (Å²) in [7, 11) is 0. The summed E-state index contributed by atoms with van der Waals surface area (Å²) in [5, 5.41) is 10.3. The van der Waals surface area contributed by atoms with E-state index in [2.05, 4.69) is 4.74 Å². The zero-order valence-corrected chi connectivity index (χ0v) is 7.87. The van der Waals surface area contributed by atoms with Gasteiger partial charge in [-0.15, -0.1) is 0 Å². The quantitative estimate of drug-likeness (QED) is 0.474. The fraction of sp³-hybridized carbons (Fsp3) is 0.250. The number of halogens is 5. The van der Waals surface area contributed by atoms with Crippen LogP contribution in [0.3, 0.4) is 0 Å². The Morgan fingerprint density at radius 1 is 1.29 bits per heavy atom. The van der Waals surface area contributed by atoms with Crippen LogP contribution in [0.1, 0.15) is 5.56 Å². The molecule has 9 heteroatoms. The minimum absolute atomic E-state index is 0.157. The van der Waals surface area contributed by atoms with E-state index in [1.54, 1.807) is 0 Å². The molecule has 0 amide bonds. The number of alkyl halides is 5. The molecular weight excluding hydrogens is 253 g/mol. The van der Waals surface area contributed by atoms with Gasteiger partial charge < -0.3 is 4.74 Å². The molecule has 0 bridgehead atoms. The molecule has 0 radical (unpaired) electrons. The molecule has 0 aliphatic carbocycles. The average molecular weight is 257 g/mol. The summed E-state index contributed by atoms with van der Waals surface area (Å²) in [6.45, 7) is -3.31. The van der Waals surface area contributed by atoms with Crippen LogP contribution in [0.4, 0.5) is 27.6 Å². The fourth-order valence-electron chi connectivity index (χ4n) is 1.08. The van der Waals surface area contributed by atoms with E-state index >= 15 is 0 Å².